The van der Waals surface area contributed by atoms with E-state index in [2.05, 4.69) is 15.5 Å². The molecule has 1 aliphatic carbocycles. The van der Waals surface area contributed by atoms with Crippen LogP contribution in [0.25, 0.3) is 10.9 Å². The first kappa shape index (κ1) is 19.5. The molecule has 2 fully saturated rings. The number of hydrogen-bond donors (Lipinski definition) is 2. The lowest BCUT2D eigenvalue weighted by atomic mass is 9.86. The van der Waals surface area contributed by atoms with Gasteiger partial charge in [-0.3, -0.25) is 4.79 Å². The van der Waals surface area contributed by atoms with Crippen molar-refractivity contribution in [3.8, 4) is 0 Å². The predicted octanol–water partition coefficient (Wildman–Crippen LogP) is 4.60. The Hall–Kier alpha value is -1.85. The van der Waals surface area contributed by atoms with Crippen LogP contribution in [0.2, 0.25) is 5.02 Å². The maximum absolute atomic E-state index is 12.6. The van der Waals surface area contributed by atoms with Gasteiger partial charge in [-0.2, -0.15) is 0 Å². The van der Waals surface area contributed by atoms with E-state index in [-0.39, 0.29) is 5.91 Å². The third-order valence-electron chi connectivity index (χ3n) is 6.02. The quantitative estimate of drug-likeness (QED) is 0.770. The molecule has 1 aliphatic heterocycles. The normalized spacial score (nSPS) is 18.4. The summed E-state index contributed by atoms with van der Waals surface area (Å²) in [6, 6.07) is 7.82. The second-order valence-electron chi connectivity index (χ2n) is 7.99. The molecule has 1 aromatic carbocycles. The monoisotopic (exact) mass is 400 g/mol. The number of nitrogens with zero attached hydrogens (tertiary/aromatic N) is 2. The first-order chi connectivity index (χ1) is 13.7. The van der Waals surface area contributed by atoms with E-state index in [1.807, 2.05) is 24.3 Å². The Morgan fingerprint density at radius 1 is 1.14 bits per heavy atom. The van der Waals surface area contributed by atoms with Crippen LogP contribution in [0.4, 0.5) is 11.5 Å². The van der Waals surface area contributed by atoms with E-state index in [1.54, 1.807) is 0 Å². The van der Waals surface area contributed by atoms with Crippen LogP contribution >= 0.6 is 11.6 Å². The van der Waals surface area contributed by atoms with Crippen molar-refractivity contribution in [3.63, 3.8) is 0 Å². The number of carbonyl (C=O) groups excluding carboxylic acids is 1. The summed E-state index contributed by atoms with van der Waals surface area (Å²) in [4.78, 5) is 19.7. The topological polar surface area (TPSA) is 57.3 Å². The van der Waals surface area contributed by atoms with Gasteiger partial charge < -0.3 is 15.5 Å². The molecule has 0 bridgehead atoms. The molecular weight excluding hydrogens is 372 g/mol. The number of aromatic nitrogens is 1. The lowest BCUT2D eigenvalue weighted by Gasteiger charge is -2.28. The molecular formula is C22H29ClN4O. The molecule has 0 unspecified atom stereocenters. The number of nitrogens with one attached hydrogen (secondary N) is 2. The lowest BCUT2D eigenvalue weighted by molar-refractivity contribution is -0.116. The average Bonchev–Trinajstić information content (AvgIpc) is 2.75. The van der Waals surface area contributed by atoms with Gasteiger partial charge in [-0.25, -0.2) is 4.98 Å². The molecule has 1 amide bonds. The molecule has 150 valence electrons. The van der Waals surface area contributed by atoms with Crippen LogP contribution in [0.3, 0.4) is 0 Å². The van der Waals surface area contributed by atoms with Crippen LogP contribution < -0.4 is 15.5 Å². The molecule has 1 saturated carbocycles. The number of hydrogen-bond acceptors (Lipinski definition) is 4. The molecule has 28 heavy (non-hydrogen) atoms. The number of amides is 1. The van der Waals surface area contributed by atoms with Crippen molar-refractivity contribution < 1.29 is 4.79 Å². The summed E-state index contributed by atoms with van der Waals surface area (Å²) in [6.45, 7) is 3.86. The van der Waals surface area contributed by atoms with Crippen LogP contribution in [0.5, 0.6) is 0 Å². The second-order valence-corrected chi connectivity index (χ2v) is 8.39. The van der Waals surface area contributed by atoms with E-state index in [0.29, 0.717) is 23.0 Å². The van der Waals surface area contributed by atoms with Gasteiger partial charge in [-0.05, 0) is 36.6 Å². The standard InChI is InChI=1S/C22H29ClN4O/c23-18-8-9-19-17(7-10-20(25-19)27-14-12-24-13-15-27)22(18)26-21(28)11-6-16-4-2-1-3-5-16/h7-10,16,24H,1-6,11-15H2,(H,26,28). The summed E-state index contributed by atoms with van der Waals surface area (Å²) in [5.74, 6) is 1.72. The molecule has 4 rings (SSSR count). The van der Waals surface area contributed by atoms with E-state index < -0.39 is 0 Å². The van der Waals surface area contributed by atoms with Crippen LogP contribution in [-0.2, 0) is 4.79 Å². The molecule has 0 spiro atoms. The van der Waals surface area contributed by atoms with Gasteiger partial charge in [0.2, 0.25) is 5.91 Å². The Bertz CT molecular complexity index is 829. The zero-order valence-electron chi connectivity index (χ0n) is 16.3. The van der Waals surface area contributed by atoms with Crippen molar-refractivity contribution in [1.29, 1.82) is 0 Å². The summed E-state index contributed by atoms with van der Waals surface area (Å²) in [5.41, 5.74) is 1.55. The molecule has 1 aromatic heterocycles. The average molecular weight is 401 g/mol. The van der Waals surface area contributed by atoms with Crippen LogP contribution in [-0.4, -0.2) is 37.1 Å². The van der Waals surface area contributed by atoms with Crippen LogP contribution in [0.15, 0.2) is 24.3 Å². The van der Waals surface area contributed by atoms with Crippen molar-refractivity contribution in [2.45, 2.75) is 44.9 Å². The fourth-order valence-electron chi connectivity index (χ4n) is 4.38. The van der Waals surface area contributed by atoms with Gasteiger partial charge in [0, 0.05) is 38.0 Å². The Kier molecular flexibility index (Phi) is 6.33. The maximum Gasteiger partial charge on any atom is 0.224 e. The Morgan fingerprint density at radius 3 is 2.71 bits per heavy atom. The summed E-state index contributed by atoms with van der Waals surface area (Å²) < 4.78 is 0. The number of anilines is 2. The highest BCUT2D eigenvalue weighted by Crippen LogP contribution is 2.33. The van der Waals surface area contributed by atoms with Crippen molar-refractivity contribution in [1.82, 2.24) is 10.3 Å². The van der Waals surface area contributed by atoms with Crippen molar-refractivity contribution in [2.24, 2.45) is 5.92 Å². The predicted molar refractivity (Wildman–Crippen MR) is 116 cm³/mol. The number of carbonyl (C=O) groups is 1. The number of rotatable bonds is 5. The fourth-order valence-corrected chi connectivity index (χ4v) is 4.59. The van der Waals surface area contributed by atoms with E-state index in [4.69, 9.17) is 16.6 Å². The molecule has 2 aromatic rings. The minimum absolute atomic E-state index is 0.0474. The number of halogens is 1. The fraction of sp³-hybridized carbons (Fsp3) is 0.545. The SMILES string of the molecule is O=C(CCC1CCCCC1)Nc1c(Cl)ccc2nc(N3CCNCC3)ccc12. The molecule has 5 nitrogen and oxygen atoms in total. The van der Waals surface area contributed by atoms with Gasteiger partial charge in [-0.15, -0.1) is 0 Å². The van der Waals surface area contributed by atoms with Gasteiger partial charge in [0.15, 0.2) is 0 Å². The zero-order valence-corrected chi connectivity index (χ0v) is 17.1. The van der Waals surface area contributed by atoms with E-state index in [0.717, 1.165) is 49.3 Å². The molecule has 2 N–H and O–H groups in total. The smallest absolute Gasteiger partial charge is 0.224 e. The second kappa shape index (κ2) is 9.10. The number of benzene rings is 1. The number of pyridine rings is 1. The molecule has 2 heterocycles. The largest absolute Gasteiger partial charge is 0.354 e. The van der Waals surface area contributed by atoms with Gasteiger partial charge in [0.1, 0.15) is 5.82 Å². The third kappa shape index (κ3) is 4.58. The minimum Gasteiger partial charge on any atom is -0.354 e. The van der Waals surface area contributed by atoms with Gasteiger partial charge >= 0.3 is 0 Å². The molecule has 2 aliphatic rings. The summed E-state index contributed by atoms with van der Waals surface area (Å²) in [7, 11) is 0. The zero-order chi connectivity index (χ0) is 19.3. The maximum atomic E-state index is 12.6. The first-order valence-electron chi connectivity index (χ1n) is 10.6. The Morgan fingerprint density at radius 2 is 1.93 bits per heavy atom. The highest BCUT2D eigenvalue weighted by Gasteiger charge is 2.17. The lowest BCUT2D eigenvalue weighted by Crippen LogP contribution is -2.43. The first-order valence-corrected chi connectivity index (χ1v) is 10.9. The third-order valence-corrected chi connectivity index (χ3v) is 6.33. The number of piperazine rings is 1. The Labute approximate surface area is 171 Å². The highest BCUT2D eigenvalue weighted by molar-refractivity contribution is 6.35. The molecule has 0 radical (unpaired) electrons. The van der Waals surface area contributed by atoms with E-state index in [1.165, 1.54) is 32.1 Å². The van der Waals surface area contributed by atoms with E-state index >= 15 is 0 Å². The van der Waals surface area contributed by atoms with Crippen molar-refractivity contribution in [3.05, 3.63) is 29.3 Å². The van der Waals surface area contributed by atoms with Gasteiger partial charge in [-0.1, -0.05) is 43.7 Å². The van der Waals surface area contributed by atoms with Gasteiger partial charge in [0.05, 0.1) is 16.2 Å². The molecule has 0 atom stereocenters. The number of fused-ring (bicyclic) bond motifs is 1. The van der Waals surface area contributed by atoms with Crippen molar-refractivity contribution in [2.75, 3.05) is 36.4 Å². The van der Waals surface area contributed by atoms with E-state index in [9.17, 15) is 4.79 Å². The van der Waals surface area contributed by atoms with Crippen molar-refractivity contribution >= 4 is 39.9 Å². The minimum atomic E-state index is 0.0474. The van der Waals surface area contributed by atoms with Gasteiger partial charge in [0.25, 0.3) is 0 Å². The van der Waals surface area contributed by atoms with Crippen LogP contribution in [0.1, 0.15) is 44.9 Å². The molecule has 1 saturated heterocycles. The highest BCUT2D eigenvalue weighted by atomic mass is 35.5. The molecule has 6 heteroatoms. The Balaban J connectivity index is 1.47. The summed E-state index contributed by atoms with van der Waals surface area (Å²) in [6.07, 6.45) is 8.02. The summed E-state index contributed by atoms with van der Waals surface area (Å²) in [5, 5.41) is 7.88. The summed E-state index contributed by atoms with van der Waals surface area (Å²) >= 11 is 6.42. The van der Waals surface area contributed by atoms with Crippen LogP contribution in [0, 0.1) is 5.92 Å².